The fourth-order valence-electron chi connectivity index (χ4n) is 3.79. The number of piperidine rings is 1. The molecule has 0 aliphatic carbocycles. The highest BCUT2D eigenvalue weighted by Crippen LogP contribution is 2.23. The zero-order valence-corrected chi connectivity index (χ0v) is 14.7. The number of carbonyl (C=O) groups excluding carboxylic acids is 1. The summed E-state index contributed by atoms with van der Waals surface area (Å²) in [5, 5.41) is 0. The molecule has 0 spiro atoms. The van der Waals surface area contributed by atoms with Crippen LogP contribution >= 0.6 is 0 Å². The third-order valence-electron chi connectivity index (χ3n) is 5.09. The van der Waals surface area contributed by atoms with E-state index in [2.05, 4.69) is 20.4 Å². The number of carbonyl (C=O) groups is 1. The predicted octanol–water partition coefficient (Wildman–Crippen LogP) is 2.47. The number of fused-ring (bicyclic) bond motifs is 1. The van der Waals surface area contributed by atoms with Crippen molar-refractivity contribution in [3.8, 4) is 0 Å². The van der Waals surface area contributed by atoms with Crippen molar-refractivity contribution in [2.45, 2.75) is 26.3 Å². The number of hydrogen-bond acceptors (Lipinski definition) is 4. The Balaban J connectivity index is 1.51. The Morgan fingerprint density at radius 3 is 3.00 bits per heavy atom. The van der Waals surface area contributed by atoms with E-state index in [0.717, 1.165) is 49.5 Å². The maximum Gasteiger partial charge on any atom is 0.202 e. The van der Waals surface area contributed by atoms with Crippen LogP contribution in [0.5, 0.6) is 0 Å². The summed E-state index contributed by atoms with van der Waals surface area (Å²) >= 11 is 0. The molecule has 1 atom stereocenters. The van der Waals surface area contributed by atoms with E-state index in [0.29, 0.717) is 5.82 Å². The van der Waals surface area contributed by atoms with Crippen molar-refractivity contribution >= 4 is 11.3 Å². The Hall–Kier alpha value is -2.47. The van der Waals surface area contributed by atoms with Gasteiger partial charge in [-0.1, -0.05) is 6.07 Å². The van der Waals surface area contributed by atoms with E-state index in [-0.39, 0.29) is 11.7 Å². The molecule has 3 aromatic rings. The van der Waals surface area contributed by atoms with Gasteiger partial charge in [0, 0.05) is 44.6 Å². The van der Waals surface area contributed by atoms with Gasteiger partial charge >= 0.3 is 0 Å². The molecular weight excluding hydrogens is 314 g/mol. The fraction of sp³-hybridized carbons (Fsp3) is 0.421. The van der Waals surface area contributed by atoms with Gasteiger partial charge in [-0.05, 0) is 38.4 Å². The first-order valence-electron chi connectivity index (χ1n) is 8.80. The summed E-state index contributed by atoms with van der Waals surface area (Å²) in [6.45, 7) is 4.59. The number of ketones is 1. The molecule has 1 aliphatic heterocycles. The molecule has 0 amide bonds. The zero-order valence-electron chi connectivity index (χ0n) is 14.7. The van der Waals surface area contributed by atoms with Crippen LogP contribution in [-0.2, 0) is 13.6 Å². The lowest BCUT2D eigenvalue weighted by Gasteiger charge is -2.31. The minimum Gasteiger partial charge on any atom is -0.332 e. The van der Waals surface area contributed by atoms with Crippen LogP contribution in [0.4, 0.5) is 0 Å². The molecule has 6 heteroatoms. The second kappa shape index (κ2) is 6.44. The first kappa shape index (κ1) is 16.0. The van der Waals surface area contributed by atoms with Gasteiger partial charge < -0.3 is 8.97 Å². The van der Waals surface area contributed by atoms with Crippen molar-refractivity contribution in [3.05, 3.63) is 54.1 Å². The average Bonchev–Trinajstić information content (AvgIpc) is 3.19. The molecule has 4 heterocycles. The number of hydrogen-bond donors (Lipinski definition) is 0. The van der Waals surface area contributed by atoms with Gasteiger partial charge in [0.25, 0.3) is 0 Å². The monoisotopic (exact) mass is 337 g/mol. The molecule has 0 unspecified atom stereocenters. The second-order valence-electron chi connectivity index (χ2n) is 6.86. The molecule has 1 saturated heterocycles. The predicted molar refractivity (Wildman–Crippen MR) is 95.5 cm³/mol. The number of rotatable bonds is 4. The third-order valence-corrected chi connectivity index (χ3v) is 5.09. The van der Waals surface area contributed by atoms with Crippen LogP contribution in [0.1, 0.15) is 35.0 Å². The third kappa shape index (κ3) is 2.98. The molecule has 3 aromatic heterocycles. The molecule has 0 aromatic carbocycles. The van der Waals surface area contributed by atoms with Crippen molar-refractivity contribution in [3.63, 3.8) is 0 Å². The van der Waals surface area contributed by atoms with Gasteiger partial charge in [0.2, 0.25) is 5.78 Å². The van der Waals surface area contributed by atoms with Crippen molar-refractivity contribution < 1.29 is 4.79 Å². The number of Topliss-reactive ketones (excluding diaryl/α,β-unsaturated/α-hetero) is 1. The lowest BCUT2D eigenvalue weighted by Crippen LogP contribution is -2.39. The first-order chi connectivity index (χ1) is 12.1. The largest absolute Gasteiger partial charge is 0.332 e. The summed E-state index contributed by atoms with van der Waals surface area (Å²) in [6, 6.07) is 6.17. The molecule has 6 nitrogen and oxygen atoms in total. The number of pyridine rings is 1. The van der Waals surface area contributed by atoms with E-state index in [1.165, 1.54) is 0 Å². The van der Waals surface area contributed by atoms with E-state index in [1.807, 2.05) is 43.1 Å². The van der Waals surface area contributed by atoms with E-state index < -0.39 is 0 Å². The number of nitrogens with zero attached hydrogens (tertiary/aromatic N) is 5. The van der Waals surface area contributed by atoms with E-state index in [4.69, 9.17) is 4.98 Å². The van der Waals surface area contributed by atoms with Crippen LogP contribution < -0.4 is 0 Å². The minimum absolute atomic E-state index is 0.0184. The summed E-state index contributed by atoms with van der Waals surface area (Å²) in [5.41, 5.74) is 2.24. The second-order valence-corrected chi connectivity index (χ2v) is 6.86. The van der Waals surface area contributed by atoms with Crippen molar-refractivity contribution in [1.82, 2.24) is 23.8 Å². The number of likely N-dealkylation sites (tertiary alicyclic amines) is 1. The topological polar surface area (TPSA) is 55.4 Å². The number of aromatic nitrogens is 4. The van der Waals surface area contributed by atoms with Crippen molar-refractivity contribution in [2.24, 2.45) is 13.0 Å². The van der Waals surface area contributed by atoms with Gasteiger partial charge in [-0.2, -0.15) is 0 Å². The van der Waals surface area contributed by atoms with Crippen molar-refractivity contribution in [1.29, 1.82) is 0 Å². The first-order valence-corrected chi connectivity index (χ1v) is 8.80. The van der Waals surface area contributed by atoms with Gasteiger partial charge in [0.05, 0.1) is 11.2 Å². The minimum atomic E-state index is 0.0184. The molecule has 1 aliphatic rings. The standard InChI is InChI=1S/C19H23N5O/c1-14-21-16(17-7-3-4-10-24(14)17)13-23-9-5-6-15(12-23)18(25)19-20-8-11-22(19)2/h3-4,7-8,10-11,15H,5-6,9,12-13H2,1-2H3/t15-/m0/s1. The fourth-order valence-corrected chi connectivity index (χ4v) is 3.79. The van der Waals surface area contributed by atoms with Crippen molar-refractivity contribution in [2.75, 3.05) is 13.1 Å². The smallest absolute Gasteiger partial charge is 0.202 e. The summed E-state index contributed by atoms with van der Waals surface area (Å²) in [6.07, 6.45) is 7.53. The molecule has 0 radical (unpaired) electrons. The zero-order chi connectivity index (χ0) is 17.4. The number of imidazole rings is 2. The normalized spacial score (nSPS) is 18.7. The van der Waals surface area contributed by atoms with Crippen LogP contribution in [0.15, 0.2) is 36.8 Å². The molecule has 4 rings (SSSR count). The van der Waals surface area contributed by atoms with E-state index in [1.54, 1.807) is 6.20 Å². The lowest BCUT2D eigenvalue weighted by molar-refractivity contribution is 0.0797. The Kier molecular flexibility index (Phi) is 4.13. The quantitative estimate of drug-likeness (QED) is 0.686. The molecular formula is C19H23N5O. The Morgan fingerprint density at radius 2 is 2.20 bits per heavy atom. The lowest BCUT2D eigenvalue weighted by atomic mass is 9.93. The summed E-state index contributed by atoms with van der Waals surface area (Å²) in [5.74, 6) is 1.74. The summed E-state index contributed by atoms with van der Waals surface area (Å²) in [7, 11) is 1.88. The van der Waals surface area contributed by atoms with Gasteiger partial charge in [-0.25, -0.2) is 9.97 Å². The Morgan fingerprint density at radius 1 is 1.32 bits per heavy atom. The molecule has 25 heavy (non-hydrogen) atoms. The molecule has 130 valence electrons. The van der Waals surface area contributed by atoms with Crippen LogP contribution in [0.2, 0.25) is 0 Å². The van der Waals surface area contributed by atoms with Crippen LogP contribution in [0.25, 0.3) is 5.52 Å². The highest BCUT2D eigenvalue weighted by molar-refractivity contribution is 5.94. The van der Waals surface area contributed by atoms with Gasteiger partial charge in [0.1, 0.15) is 5.82 Å². The maximum atomic E-state index is 12.8. The summed E-state index contributed by atoms with van der Waals surface area (Å²) < 4.78 is 3.93. The Labute approximate surface area is 147 Å². The SMILES string of the molecule is Cc1nc(CN2CCC[C@H](C(=O)c3nccn3C)C2)c2ccccn12. The number of aryl methyl sites for hydroxylation is 2. The Bertz CT molecular complexity index is 910. The van der Waals surface area contributed by atoms with Crippen LogP contribution in [0.3, 0.4) is 0 Å². The molecule has 0 saturated carbocycles. The average molecular weight is 337 g/mol. The highest BCUT2D eigenvalue weighted by atomic mass is 16.1. The molecule has 0 N–H and O–H groups in total. The molecule has 1 fully saturated rings. The van der Waals surface area contributed by atoms with E-state index in [9.17, 15) is 4.79 Å². The van der Waals surface area contributed by atoms with Crippen LogP contribution in [0, 0.1) is 12.8 Å². The highest BCUT2D eigenvalue weighted by Gasteiger charge is 2.29. The van der Waals surface area contributed by atoms with Gasteiger partial charge in [0.15, 0.2) is 5.82 Å². The van der Waals surface area contributed by atoms with Gasteiger partial charge in [-0.3, -0.25) is 9.69 Å². The summed E-state index contributed by atoms with van der Waals surface area (Å²) in [4.78, 5) is 24.1. The molecule has 0 bridgehead atoms. The van der Waals surface area contributed by atoms with Gasteiger partial charge in [-0.15, -0.1) is 0 Å². The maximum absolute atomic E-state index is 12.8. The van der Waals surface area contributed by atoms with E-state index >= 15 is 0 Å². The van der Waals surface area contributed by atoms with Crippen LogP contribution in [-0.4, -0.2) is 42.7 Å².